The number of carbonyl (C=O) groups excluding carboxylic acids is 1. The summed E-state index contributed by atoms with van der Waals surface area (Å²) in [7, 11) is 0. The Hall–Kier alpha value is -1.83. The van der Waals surface area contributed by atoms with Crippen LogP contribution < -0.4 is 5.32 Å². The van der Waals surface area contributed by atoms with Crippen LogP contribution in [0.1, 0.15) is 55.1 Å². The maximum absolute atomic E-state index is 12.6. The molecule has 1 amide bonds. The second kappa shape index (κ2) is 11.3. The number of rotatable bonds is 8. The molecular formula is C25H36N4O2S. The molecule has 7 heteroatoms. The smallest absolute Gasteiger partial charge is 0.230 e. The Labute approximate surface area is 196 Å². The van der Waals surface area contributed by atoms with Crippen LogP contribution in [-0.4, -0.2) is 58.5 Å². The number of imidazole rings is 1. The SMILES string of the molecule is Cc1nc(SCC(=O)NC[C@@H]2CN(Cc3ccccc3)CCO2)n(C2CCCCC2)c1C. The molecule has 1 saturated heterocycles. The average Bonchev–Trinajstić information content (AvgIpc) is 3.11. The highest BCUT2D eigenvalue weighted by atomic mass is 32.2. The van der Waals surface area contributed by atoms with E-state index in [0.717, 1.165) is 30.5 Å². The molecule has 1 saturated carbocycles. The summed E-state index contributed by atoms with van der Waals surface area (Å²) in [5.74, 6) is 0.440. The molecule has 4 rings (SSSR count). The number of hydrogen-bond acceptors (Lipinski definition) is 5. The van der Waals surface area contributed by atoms with Gasteiger partial charge >= 0.3 is 0 Å². The third-order valence-corrected chi connectivity index (χ3v) is 7.58. The van der Waals surface area contributed by atoms with Gasteiger partial charge in [0.1, 0.15) is 0 Å². The number of carbonyl (C=O) groups is 1. The summed E-state index contributed by atoms with van der Waals surface area (Å²) >= 11 is 1.56. The van der Waals surface area contributed by atoms with Crippen LogP contribution in [0.4, 0.5) is 0 Å². The number of ether oxygens (including phenoxy) is 1. The molecule has 0 unspecified atom stereocenters. The molecular weight excluding hydrogens is 420 g/mol. The van der Waals surface area contributed by atoms with Gasteiger partial charge in [0.2, 0.25) is 5.91 Å². The summed E-state index contributed by atoms with van der Waals surface area (Å²) in [4.78, 5) is 19.7. The van der Waals surface area contributed by atoms with Gasteiger partial charge < -0.3 is 14.6 Å². The number of benzene rings is 1. The monoisotopic (exact) mass is 456 g/mol. The van der Waals surface area contributed by atoms with E-state index in [1.807, 2.05) is 6.07 Å². The summed E-state index contributed by atoms with van der Waals surface area (Å²) in [5, 5.41) is 4.07. The van der Waals surface area contributed by atoms with Crippen molar-refractivity contribution in [1.82, 2.24) is 19.8 Å². The fourth-order valence-electron chi connectivity index (χ4n) is 4.77. The topological polar surface area (TPSA) is 59.4 Å². The molecule has 1 aromatic heterocycles. The molecule has 1 aliphatic heterocycles. The minimum atomic E-state index is 0.0372. The van der Waals surface area contributed by atoms with Gasteiger partial charge in [0.15, 0.2) is 5.16 Å². The number of thioether (sulfide) groups is 1. The second-order valence-electron chi connectivity index (χ2n) is 9.03. The van der Waals surface area contributed by atoms with Crippen molar-refractivity contribution in [3.05, 3.63) is 47.3 Å². The van der Waals surface area contributed by atoms with E-state index in [9.17, 15) is 4.79 Å². The van der Waals surface area contributed by atoms with Gasteiger partial charge in [-0.25, -0.2) is 4.98 Å². The minimum Gasteiger partial charge on any atom is -0.374 e. The molecule has 0 radical (unpaired) electrons. The van der Waals surface area contributed by atoms with Gasteiger partial charge in [0.05, 0.1) is 24.2 Å². The van der Waals surface area contributed by atoms with E-state index in [-0.39, 0.29) is 12.0 Å². The Morgan fingerprint density at radius 1 is 1.19 bits per heavy atom. The van der Waals surface area contributed by atoms with E-state index >= 15 is 0 Å². The van der Waals surface area contributed by atoms with Crippen LogP contribution in [0.15, 0.2) is 35.5 Å². The number of nitrogens with one attached hydrogen (secondary N) is 1. The van der Waals surface area contributed by atoms with Crippen LogP contribution in [-0.2, 0) is 16.1 Å². The zero-order chi connectivity index (χ0) is 22.3. The number of hydrogen-bond donors (Lipinski definition) is 1. The zero-order valence-electron chi connectivity index (χ0n) is 19.4. The summed E-state index contributed by atoms with van der Waals surface area (Å²) in [5.41, 5.74) is 3.63. The van der Waals surface area contributed by atoms with Crippen molar-refractivity contribution < 1.29 is 9.53 Å². The summed E-state index contributed by atoms with van der Waals surface area (Å²) < 4.78 is 8.28. The molecule has 1 aromatic carbocycles. The quantitative estimate of drug-likeness (QED) is 0.606. The summed E-state index contributed by atoms with van der Waals surface area (Å²) in [6.45, 7) is 8.18. The average molecular weight is 457 g/mol. The van der Waals surface area contributed by atoms with Crippen molar-refractivity contribution in [2.75, 3.05) is 32.0 Å². The summed E-state index contributed by atoms with van der Waals surface area (Å²) in [6.07, 6.45) is 6.38. The lowest BCUT2D eigenvalue weighted by Crippen LogP contribution is -2.47. The van der Waals surface area contributed by atoms with Crippen molar-refractivity contribution in [1.29, 1.82) is 0 Å². The van der Waals surface area contributed by atoms with Crippen molar-refractivity contribution >= 4 is 17.7 Å². The fraction of sp³-hybridized carbons (Fsp3) is 0.600. The van der Waals surface area contributed by atoms with Crippen LogP contribution in [0.5, 0.6) is 0 Å². The van der Waals surface area contributed by atoms with Gasteiger partial charge in [0.25, 0.3) is 0 Å². The predicted octanol–water partition coefficient (Wildman–Crippen LogP) is 4.11. The third kappa shape index (κ3) is 6.15. The van der Waals surface area contributed by atoms with Gasteiger partial charge in [-0.2, -0.15) is 0 Å². The molecule has 2 fully saturated rings. The van der Waals surface area contributed by atoms with Crippen molar-refractivity contribution in [3.8, 4) is 0 Å². The molecule has 6 nitrogen and oxygen atoms in total. The highest BCUT2D eigenvalue weighted by Crippen LogP contribution is 2.34. The van der Waals surface area contributed by atoms with Crippen LogP contribution in [0.25, 0.3) is 0 Å². The molecule has 32 heavy (non-hydrogen) atoms. The van der Waals surface area contributed by atoms with Gasteiger partial charge in [0, 0.05) is 37.9 Å². The first-order valence-electron chi connectivity index (χ1n) is 11.9. The van der Waals surface area contributed by atoms with Crippen LogP contribution in [0.3, 0.4) is 0 Å². The highest BCUT2D eigenvalue weighted by molar-refractivity contribution is 7.99. The normalized spacial score (nSPS) is 20.4. The number of aromatic nitrogens is 2. The van der Waals surface area contributed by atoms with Gasteiger partial charge in [-0.1, -0.05) is 61.4 Å². The Balaban J connectivity index is 1.24. The first-order valence-corrected chi connectivity index (χ1v) is 12.9. The van der Waals surface area contributed by atoms with E-state index in [0.29, 0.717) is 24.9 Å². The summed E-state index contributed by atoms with van der Waals surface area (Å²) in [6, 6.07) is 11.0. The minimum absolute atomic E-state index is 0.0372. The molecule has 0 spiro atoms. The number of amides is 1. The van der Waals surface area contributed by atoms with E-state index in [2.05, 4.69) is 52.9 Å². The number of nitrogens with zero attached hydrogens (tertiary/aromatic N) is 3. The fourth-order valence-corrected chi connectivity index (χ4v) is 5.75. The van der Waals surface area contributed by atoms with Gasteiger partial charge in [-0.3, -0.25) is 9.69 Å². The Bertz CT molecular complexity index is 880. The van der Waals surface area contributed by atoms with Crippen molar-refractivity contribution in [2.45, 2.75) is 69.8 Å². The molecule has 174 valence electrons. The first-order chi connectivity index (χ1) is 15.6. The van der Waals surface area contributed by atoms with E-state index in [4.69, 9.17) is 9.72 Å². The zero-order valence-corrected chi connectivity index (χ0v) is 20.2. The molecule has 1 N–H and O–H groups in total. The largest absolute Gasteiger partial charge is 0.374 e. The Kier molecular flexibility index (Phi) is 8.27. The first kappa shape index (κ1) is 23.3. The molecule has 2 heterocycles. The third-order valence-electron chi connectivity index (χ3n) is 6.63. The molecule has 2 aliphatic rings. The van der Waals surface area contributed by atoms with Crippen LogP contribution in [0, 0.1) is 13.8 Å². The lowest BCUT2D eigenvalue weighted by molar-refractivity contribution is -0.119. The molecule has 0 bridgehead atoms. The maximum Gasteiger partial charge on any atom is 0.230 e. The molecule has 1 atom stereocenters. The Morgan fingerprint density at radius 3 is 2.75 bits per heavy atom. The predicted molar refractivity (Wildman–Crippen MR) is 129 cm³/mol. The van der Waals surface area contributed by atoms with E-state index in [1.54, 1.807) is 11.8 Å². The van der Waals surface area contributed by atoms with Crippen LogP contribution in [0.2, 0.25) is 0 Å². The number of morpholine rings is 1. The lowest BCUT2D eigenvalue weighted by atomic mass is 9.95. The van der Waals surface area contributed by atoms with Crippen molar-refractivity contribution in [3.63, 3.8) is 0 Å². The standard InChI is InChI=1S/C25H36N4O2S/c1-19-20(2)29(22-11-7-4-8-12-22)25(27-19)32-18-24(30)26-15-23-17-28(13-14-31-23)16-21-9-5-3-6-10-21/h3,5-6,9-10,22-23H,4,7-8,11-18H2,1-2H3,(H,26,30)/t23-/m1/s1. The van der Waals surface area contributed by atoms with E-state index < -0.39 is 0 Å². The van der Waals surface area contributed by atoms with Crippen molar-refractivity contribution in [2.24, 2.45) is 0 Å². The molecule has 2 aromatic rings. The van der Waals surface area contributed by atoms with Gasteiger partial charge in [-0.15, -0.1) is 0 Å². The van der Waals surface area contributed by atoms with Gasteiger partial charge in [-0.05, 0) is 32.3 Å². The maximum atomic E-state index is 12.6. The molecule has 1 aliphatic carbocycles. The Morgan fingerprint density at radius 2 is 1.97 bits per heavy atom. The lowest BCUT2D eigenvalue weighted by Gasteiger charge is -2.33. The second-order valence-corrected chi connectivity index (χ2v) is 9.98. The van der Waals surface area contributed by atoms with Crippen LogP contribution >= 0.6 is 11.8 Å². The van der Waals surface area contributed by atoms with E-state index in [1.165, 1.54) is 43.4 Å². The highest BCUT2D eigenvalue weighted by Gasteiger charge is 2.24. The number of aryl methyl sites for hydroxylation is 1.